The summed E-state index contributed by atoms with van der Waals surface area (Å²) in [6, 6.07) is 16.6. The predicted octanol–water partition coefficient (Wildman–Crippen LogP) is 2.28. The summed E-state index contributed by atoms with van der Waals surface area (Å²) in [6.07, 6.45) is 0.457. The molecule has 0 saturated heterocycles. The number of carbonyl (C=O) groups excluding carboxylic acids is 1. The van der Waals surface area contributed by atoms with Gasteiger partial charge in [0, 0.05) is 18.4 Å². The van der Waals surface area contributed by atoms with Crippen LogP contribution < -0.4 is 10.9 Å². The number of para-hydroxylation sites is 1. The Kier molecular flexibility index (Phi) is 4.44. The maximum Gasteiger partial charge on any atom is 0.258 e. The van der Waals surface area contributed by atoms with E-state index in [1.54, 1.807) is 18.2 Å². The normalized spacial score (nSPS) is 10.8. The molecule has 2 heterocycles. The predicted molar refractivity (Wildman–Crippen MR) is 101 cm³/mol. The van der Waals surface area contributed by atoms with E-state index >= 15 is 0 Å². The number of nitrogens with zero attached hydrogens (tertiary/aromatic N) is 3. The van der Waals surface area contributed by atoms with Crippen molar-refractivity contribution >= 4 is 22.8 Å². The lowest BCUT2D eigenvalue weighted by atomic mass is 10.2. The van der Waals surface area contributed by atoms with Crippen LogP contribution in [0, 0.1) is 0 Å². The van der Waals surface area contributed by atoms with Gasteiger partial charge < -0.3 is 4.98 Å². The number of aryl methyl sites for hydroxylation is 1. The highest BCUT2D eigenvalue weighted by Crippen LogP contribution is 2.15. The van der Waals surface area contributed by atoms with Gasteiger partial charge >= 0.3 is 0 Å². The number of benzene rings is 2. The molecule has 0 aliphatic rings. The van der Waals surface area contributed by atoms with Gasteiger partial charge in [-0.25, -0.2) is 4.98 Å². The zero-order valence-electron chi connectivity index (χ0n) is 14.3. The van der Waals surface area contributed by atoms with Gasteiger partial charge in [0.05, 0.1) is 10.9 Å². The van der Waals surface area contributed by atoms with Crippen LogP contribution in [0.1, 0.15) is 12.2 Å². The van der Waals surface area contributed by atoms with Crippen LogP contribution in [0.3, 0.4) is 0 Å². The first-order valence-electron chi connectivity index (χ1n) is 8.45. The van der Waals surface area contributed by atoms with Gasteiger partial charge in [-0.2, -0.15) is 4.98 Å². The van der Waals surface area contributed by atoms with Gasteiger partial charge in [0.25, 0.3) is 5.56 Å². The van der Waals surface area contributed by atoms with Crippen molar-refractivity contribution in [2.45, 2.75) is 12.8 Å². The number of fused-ring (bicyclic) bond motifs is 1. The van der Waals surface area contributed by atoms with Gasteiger partial charge in [0.2, 0.25) is 11.9 Å². The molecule has 27 heavy (non-hydrogen) atoms. The molecule has 1 amide bonds. The number of hydrogen-bond acceptors (Lipinski definition) is 5. The van der Waals surface area contributed by atoms with Gasteiger partial charge in [0.15, 0.2) is 5.82 Å². The van der Waals surface area contributed by atoms with Crippen molar-refractivity contribution in [3.8, 4) is 11.4 Å². The number of carbonyl (C=O) groups is 1. The Morgan fingerprint density at radius 3 is 2.63 bits per heavy atom. The quantitative estimate of drug-likeness (QED) is 0.505. The van der Waals surface area contributed by atoms with E-state index < -0.39 is 0 Å². The molecule has 8 nitrogen and oxygen atoms in total. The number of amides is 1. The largest absolute Gasteiger partial charge is 0.310 e. The lowest BCUT2D eigenvalue weighted by Crippen LogP contribution is -2.16. The first-order valence-corrected chi connectivity index (χ1v) is 8.45. The van der Waals surface area contributed by atoms with E-state index in [0.717, 1.165) is 5.56 Å². The Labute approximate surface area is 153 Å². The summed E-state index contributed by atoms with van der Waals surface area (Å²) in [5.74, 6) is 0.989. The third-order valence-electron chi connectivity index (χ3n) is 4.03. The Balaban J connectivity index is 1.40. The lowest BCUT2D eigenvalue weighted by molar-refractivity contribution is -0.116. The van der Waals surface area contributed by atoms with E-state index in [9.17, 15) is 9.59 Å². The molecule has 0 spiro atoms. The molecule has 8 heteroatoms. The summed E-state index contributed by atoms with van der Waals surface area (Å²) in [5, 5.41) is 9.96. The van der Waals surface area contributed by atoms with Crippen LogP contribution in [0.5, 0.6) is 0 Å². The summed E-state index contributed by atoms with van der Waals surface area (Å²) < 4.78 is 0. The molecule has 4 aromatic rings. The molecule has 0 radical (unpaired) electrons. The first kappa shape index (κ1) is 16.6. The number of nitrogens with one attached hydrogen (secondary N) is 3. The highest BCUT2D eigenvalue weighted by Gasteiger charge is 2.10. The molecule has 0 unspecified atom stereocenters. The summed E-state index contributed by atoms with van der Waals surface area (Å²) in [6.45, 7) is 0. The number of anilines is 1. The highest BCUT2D eigenvalue weighted by atomic mass is 16.1. The molecule has 3 N–H and O–H groups in total. The molecule has 2 aromatic heterocycles. The summed E-state index contributed by atoms with van der Waals surface area (Å²) in [5.41, 5.74) is 1.28. The minimum atomic E-state index is -0.260. The second-order valence-corrected chi connectivity index (χ2v) is 5.95. The average Bonchev–Trinajstić information content (AvgIpc) is 3.16. The molecule has 0 aliphatic heterocycles. The third-order valence-corrected chi connectivity index (χ3v) is 4.03. The van der Waals surface area contributed by atoms with Gasteiger partial charge in [-0.1, -0.05) is 42.5 Å². The van der Waals surface area contributed by atoms with Crippen LogP contribution in [0.25, 0.3) is 22.3 Å². The van der Waals surface area contributed by atoms with Crippen LogP contribution in [0.2, 0.25) is 0 Å². The van der Waals surface area contributed by atoms with Crippen molar-refractivity contribution in [3.05, 3.63) is 70.8 Å². The smallest absolute Gasteiger partial charge is 0.258 e. The number of aromatic amines is 2. The zero-order valence-corrected chi connectivity index (χ0v) is 14.3. The topological polar surface area (TPSA) is 116 Å². The van der Waals surface area contributed by atoms with Crippen molar-refractivity contribution in [1.82, 2.24) is 25.1 Å². The fraction of sp³-hybridized carbons (Fsp3) is 0.105. The van der Waals surface area contributed by atoms with Crippen LogP contribution in [-0.2, 0) is 11.2 Å². The lowest BCUT2D eigenvalue weighted by Gasteiger charge is -2.03. The highest BCUT2D eigenvalue weighted by molar-refractivity contribution is 5.89. The number of H-pyrrole nitrogens is 2. The maximum absolute atomic E-state index is 12.2. The van der Waals surface area contributed by atoms with E-state index in [1.807, 2.05) is 36.4 Å². The molecular weight excluding hydrogens is 344 g/mol. The molecule has 0 bridgehead atoms. The fourth-order valence-corrected chi connectivity index (χ4v) is 2.72. The van der Waals surface area contributed by atoms with Crippen molar-refractivity contribution in [2.24, 2.45) is 0 Å². The monoisotopic (exact) mass is 360 g/mol. The summed E-state index contributed by atoms with van der Waals surface area (Å²) >= 11 is 0. The van der Waals surface area contributed by atoms with Crippen molar-refractivity contribution in [2.75, 3.05) is 5.32 Å². The number of aromatic nitrogens is 5. The molecule has 0 atom stereocenters. The fourth-order valence-electron chi connectivity index (χ4n) is 2.72. The Morgan fingerprint density at radius 1 is 1.00 bits per heavy atom. The van der Waals surface area contributed by atoms with Gasteiger partial charge in [0.1, 0.15) is 5.82 Å². The Hall–Kier alpha value is -3.81. The SMILES string of the molecule is O=C(CCc1nc2ccccc2c(=O)[nH]1)Nc1n[nH]c(-c2ccccc2)n1. The number of rotatable bonds is 5. The number of hydrogen-bond donors (Lipinski definition) is 3. The molecule has 4 rings (SSSR count). The van der Waals surface area contributed by atoms with Crippen LogP contribution in [-0.4, -0.2) is 31.1 Å². The minimum absolute atomic E-state index is 0.149. The van der Waals surface area contributed by atoms with Crippen LogP contribution >= 0.6 is 0 Å². The van der Waals surface area contributed by atoms with E-state index in [1.165, 1.54) is 0 Å². The molecule has 2 aromatic carbocycles. The minimum Gasteiger partial charge on any atom is -0.310 e. The molecular formula is C19H16N6O2. The summed E-state index contributed by atoms with van der Waals surface area (Å²) in [7, 11) is 0. The van der Waals surface area contributed by atoms with Gasteiger partial charge in [-0.3, -0.25) is 20.0 Å². The third kappa shape index (κ3) is 3.74. The second kappa shape index (κ2) is 7.20. The van der Waals surface area contributed by atoms with E-state index in [-0.39, 0.29) is 23.8 Å². The first-order chi connectivity index (χ1) is 13.2. The van der Waals surface area contributed by atoms with Gasteiger partial charge in [-0.05, 0) is 12.1 Å². The molecule has 0 saturated carbocycles. The second-order valence-electron chi connectivity index (χ2n) is 5.95. The van der Waals surface area contributed by atoms with Crippen LogP contribution in [0.15, 0.2) is 59.4 Å². The Bertz CT molecular complexity index is 1150. The standard InChI is InChI=1S/C19H16N6O2/c26-16(22-19-23-17(24-25-19)12-6-2-1-3-7-12)11-10-15-20-14-9-5-4-8-13(14)18(27)21-15/h1-9H,10-11H2,(H,20,21,27)(H2,22,23,24,25,26). The zero-order chi connectivity index (χ0) is 18.6. The van der Waals surface area contributed by atoms with Crippen molar-refractivity contribution in [3.63, 3.8) is 0 Å². The molecule has 134 valence electrons. The van der Waals surface area contributed by atoms with E-state index in [2.05, 4.69) is 30.5 Å². The van der Waals surface area contributed by atoms with Crippen molar-refractivity contribution < 1.29 is 4.79 Å². The summed E-state index contributed by atoms with van der Waals surface area (Å²) in [4.78, 5) is 35.6. The molecule has 0 fully saturated rings. The average molecular weight is 360 g/mol. The Morgan fingerprint density at radius 2 is 1.78 bits per heavy atom. The van der Waals surface area contributed by atoms with Crippen molar-refractivity contribution in [1.29, 1.82) is 0 Å². The van der Waals surface area contributed by atoms with E-state index in [4.69, 9.17) is 0 Å². The van der Waals surface area contributed by atoms with Gasteiger partial charge in [-0.15, -0.1) is 5.10 Å². The van der Waals surface area contributed by atoms with Crippen LogP contribution in [0.4, 0.5) is 5.95 Å². The molecule has 0 aliphatic carbocycles. The van der Waals surface area contributed by atoms with E-state index in [0.29, 0.717) is 29.0 Å². The maximum atomic E-state index is 12.2.